The van der Waals surface area contributed by atoms with Crippen molar-refractivity contribution in [2.75, 3.05) is 11.9 Å². The summed E-state index contributed by atoms with van der Waals surface area (Å²) in [6, 6.07) is 4.93. The Balaban J connectivity index is 3.20. The quantitative estimate of drug-likeness (QED) is 0.800. The molecule has 1 aromatic rings. The van der Waals surface area contributed by atoms with Crippen LogP contribution in [-0.2, 0) is 4.79 Å². The molecular formula is C15H20FNO2. The lowest BCUT2D eigenvalue weighted by Crippen LogP contribution is -2.31. The Morgan fingerprint density at radius 1 is 1.42 bits per heavy atom. The van der Waals surface area contributed by atoms with Crippen molar-refractivity contribution in [1.82, 2.24) is 0 Å². The molecule has 0 amide bonds. The zero-order valence-electron chi connectivity index (χ0n) is 11.6. The molecule has 0 aliphatic carbocycles. The number of nitrogens with zero attached hydrogens (tertiary/aromatic N) is 1. The molecule has 0 saturated carbocycles. The molecule has 0 aliphatic rings. The molecule has 4 heteroatoms. The van der Waals surface area contributed by atoms with E-state index in [0.717, 1.165) is 18.9 Å². The first-order chi connectivity index (χ1) is 9.01. The minimum absolute atomic E-state index is 0.230. The van der Waals surface area contributed by atoms with Crippen molar-refractivity contribution in [3.8, 4) is 0 Å². The van der Waals surface area contributed by atoms with Gasteiger partial charge in [0.2, 0.25) is 0 Å². The number of benzene rings is 1. The Morgan fingerprint density at radius 2 is 2.05 bits per heavy atom. The first-order valence-corrected chi connectivity index (χ1v) is 6.43. The number of hydrogen-bond acceptors (Lipinski definition) is 2. The highest BCUT2D eigenvalue weighted by Gasteiger charge is 2.17. The Kier molecular flexibility index (Phi) is 5.55. The number of halogens is 1. The molecule has 0 bridgehead atoms. The monoisotopic (exact) mass is 265 g/mol. The van der Waals surface area contributed by atoms with E-state index in [-0.39, 0.29) is 11.9 Å². The van der Waals surface area contributed by atoms with Crippen molar-refractivity contribution in [2.45, 2.75) is 32.7 Å². The minimum atomic E-state index is -1.04. The molecule has 1 aromatic carbocycles. The third-order valence-electron chi connectivity index (χ3n) is 3.27. The number of carbonyl (C=O) groups is 1. The van der Waals surface area contributed by atoms with Crippen molar-refractivity contribution in [2.24, 2.45) is 0 Å². The standard InChI is InChI=1S/C15H20FNO2/c1-4-12(5-2)17(3)15-11(9-10-14(18)19)7-6-8-13(15)16/h6-10,12H,4-5H2,1-3H3,(H,18,19)/b10-9+. The molecule has 0 spiro atoms. The van der Waals surface area contributed by atoms with Crippen LogP contribution in [0.4, 0.5) is 10.1 Å². The Bertz CT molecular complexity index is 467. The number of aliphatic carboxylic acids is 1. The second-order valence-corrected chi connectivity index (χ2v) is 4.43. The second-order valence-electron chi connectivity index (χ2n) is 4.43. The maximum atomic E-state index is 14.0. The van der Waals surface area contributed by atoms with E-state index >= 15 is 0 Å². The van der Waals surface area contributed by atoms with Crippen LogP contribution >= 0.6 is 0 Å². The molecule has 104 valence electrons. The maximum Gasteiger partial charge on any atom is 0.328 e. The first kappa shape index (κ1) is 15.2. The second kappa shape index (κ2) is 6.92. The smallest absolute Gasteiger partial charge is 0.328 e. The van der Waals surface area contributed by atoms with Crippen LogP contribution < -0.4 is 4.90 Å². The molecule has 1 N–H and O–H groups in total. The van der Waals surface area contributed by atoms with Gasteiger partial charge in [-0.15, -0.1) is 0 Å². The van der Waals surface area contributed by atoms with E-state index in [1.807, 2.05) is 11.9 Å². The largest absolute Gasteiger partial charge is 0.478 e. The van der Waals surface area contributed by atoms with Crippen LogP contribution in [0, 0.1) is 5.82 Å². The number of carboxylic acids is 1. The van der Waals surface area contributed by atoms with E-state index in [1.165, 1.54) is 12.1 Å². The summed E-state index contributed by atoms with van der Waals surface area (Å²) in [7, 11) is 1.84. The van der Waals surface area contributed by atoms with E-state index < -0.39 is 5.97 Å². The summed E-state index contributed by atoms with van der Waals surface area (Å²) < 4.78 is 14.0. The summed E-state index contributed by atoms with van der Waals surface area (Å²) in [5.74, 6) is -1.37. The summed E-state index contributed by atoms with van der Waals surface area (Å²) in [6.07, 6.45) is 4.27. The van der Waals surface area contributed by atoms with E-state index in [2.05, 4.69) is 13.8 Å². The van der Waals surface area contributed by atoms with Gasteiger partial charge in [0.25, 0.3) is 0 Å². The van der Waals surface area contributed by atoms with E-state index in [0.29, 0.717) is 11.3 Å². The zero-order chi connectivity index (χ0) is 14.4. The van der Waals surface area contributed by atoms with Crippen LogP contribution in [0.2, 0.25) is 0 Å². The lowest BCUT2D eigenvalue weighted by molar-refractivity contribution is -0.131. The van der Waals surface area contributed by atoms with Gasteiger partial charge in [0.15, 0.2) is 0 Å². The summed E-state index contributed by atoms with van der Waals surface area (Å²) >= 11 is 0. The van der Waals surface area contributed by atoms with Crippen molar-refractivity contribution < 1.29 is 14.3 Å². The van der Waals surface area contributed by atoms with Gasteiger partial charge in [-0.3, -0.25) is 0 Å². The Labute approximate surface area is 113 Å². The minimum Gasteiger partial charge on any atom is -0.478 e. The molecule has 0 radical (unpaired) electrons. The average Bonchev–Trinajstić information content (AvgIpc) is 2.37. The van der Waals surface area contributed by atoms with Gasteiger partial charge in [-0.1, -0.05) is 26.0 Å². The fourth-order valence-electron chi connectivity index (χ4n) is 2.22. The first-order valence-electron chi connectivity index (χ1n) is 6.43. The van der Waals surface area contributed by atoms with Gasteiger partial charge >= 0.3 is 5.97 Å². The SMILES string of the molecule is CCC(CC)N(C)c1c(F)cccc1/C=C/C(=O)O. The predicted octanol–water partition coefficient (Wildman–Crippen LogP) is 3.55. The van der Waals surface area contributed by atoms with Crippen LogP contribution in [0.25, 0.3) is 6.08 Å². The number of anilines is 1. The Morgan fingerprint density at radius 3 is 2.58 bits per heavy atom. The average molecular weight is 265 g/mol. The van der Waals surface area contributed by atoms with E-state index in [4.69, 9.17) is 5.11 Å². The lowest BCUT2D eigenvalue weighted by atomic mass is 10.1. The molecule has 0 unspecified atom stereocenters. The van der Waals surface area contributed by atoms with Crippen LogP contribution in [0.15, 0.2) is 24.3 Å². The summed E-state index contributed by atoms with van der Waals surface area (Å²) in [5, 5.41) is 8.68. The van der Waals surface area contributed by atoms with Crippen molar-refractivity contribution in [1.29, 1.82) is 0 Å². The lowest BCUT2D eigenvalue weighted by Gasteiger charge is -2.30. The number of para-hydroxylation sites is 1. The van der Waals surface area contributed by atoms with E-state index in [9.17, 15) is 9.18 Å². The molecule has 0 saturated heterocycles. The molecule has 0 aromatic heterocycles. The molecule has 0 aliphatic heterocycles. The fourth-order valence-corrected chi connectivity index (χ4v) is 2.22. The highest BCUT2D eigenvalue weighted by atomic mass is 19.1. The van der Waals surface area contributed by atoms with Crippen molar-refractivity contribution >= 4 is 17.7 Å². The van der Waals surface area contributed by atoms with Crippen LogP contribution in [-0.4, -0.2) is 24.2 Å². The van der Waals surface area contributed by atoms with Crippen molar-refractivity contribution in [3.63, 3.8) is 0 Å². The molecular weight excluding hydrogens is 245 g/mol. The van der Waals surface area contributed by atoms with Gasteiger partial charge in [-0.05, 0) is 25.0 Å². The maximum absolute atomic E-state index is 14.0. The summed E-state index contributed by atoms with van der Waals surface area (Å²) in [5.41, 5.74) is 1.03. The third kappa shape index (κ3) is 3.81. The van der Waals surface area contributed by atoms with Gasteiger partial charge < -0.3 is 10.0 Å². The molecule has 19 heavy (non-hydrogen) atoms. The molecule has 1 rings (SSSR count). The van der Waals surface area contributed by atoms with Gasteiger partial charge in [0, 0.05) is 24.7 Å². The normalized spacial score (nSPS) is 11.2. The highest BCUT2D eigenvalue weighted by molar-refractivity contribution is 5.87. The summed E-state index contributed by atoms with van der Waals surface area (Å²) in [4.78, 5) is 12.5. The van der Waals surface area contributed by atoms with Gasteiger partial charge in [-0.25, -0.2) is 9.18 Å². The topological polar surface area (TPSA) is 40.5 Å². The highest BCUT2D eigenvalue weighted by Crippen LogP contribution is 2.27. The van der Waals surface area contributed by atoms with E-state index in [1.54, 1.807) is 12.1 Å². The molecule has 3 nitrogen and oxygen atoms in total. The van der Waals surface area contributed by atoms with Crippen molar-refractivity contribution in [3.05, 3.63) is 35.7 Å². The summed E-state index contributed by atoms with van der Waals surface area (Å²) in [6.45, 7) is 4.11. The van der Waals surface area contributed by atoms with Crippen LogP contribution in [0.5, 0.6) is 0 Å². The molecule has 0 fully saturated rings. The Hall–Kier alpha value is -1.84. The fraction of sp³-hybridized carbons (Fsp3) is 0.400. The number of rotatable bonds is 6. The molecule has 0 heterocycles. The van der Waals surface area contributed by atoms with Gasteiger partial charge in [-0.2, -0.15) is 0 Å². The van der Waals surface area contributed by atoms with Crippen LogP contribution in [0.3, 0.4) is 0 Å². The van der Waals surface area contributed by atoms with Gasteiger partial charge in [0.1, 0.15) is 5.82 Å². The number of carboxylic acid groups (broad SMARTS) is 1. The predicted molar refractivity (Wildman–Crippen MR) is 75.8 cm³/mol. The van der Waals surface area contributed by atoms with Crippen LogP contribution in [0.1, 0.15) is 32.3 Å². The number of hydrogen-bond donors (Lipinski definition) is 1. The van der Waals surface area contributed by atoms with Gasteiger partial charge in [0.05, 0.1) is 5.69 Å². The third-order valence-corrected chi connectivity index (χ3v) is 3.27. The molecule has 0 atom stereocenters. The zero-order valence-corrected chi connectivity index (χ0v) is 11.6.